The number of rotatable bonds is 4. The first-order valence-corrected chi connectivity index (χ1v) is 7.81. The van der Waals surface area contributed by atoms with Gasteiger partial charge in [-0.15, -0.1) is 5.10 Å². The van der Waals surface area contributed by atoms with Crippen LogP contribution in [0.3, 0.4) is 0 Å². The number of hydrogen-bond donors (Lipinski definition) is 1. The van der Waals surface area contributed by atoms with Crippen LogP contribution in [0.4, 0.5) is 0 Å². The largest absolute Gasteiger partial charge is 0.345 e. The van der Waals surface area contributed by atoms with Crippen LogP contribution in [-0.2, 0) is 0 Å². The first-order chi connectivity index (χ1) is 11.4. The Morgan fingerprint density at radius 3 is 2.83 bits per heavy atom. The Labute approximate surface area is 140 Å². The molecule has 24 heavy (non-hydrogen) atoms. The molecule has 124 valence electrons. The lowest BCUT2D eigenvalue weighted by molar-refractivity contribution is 0.0925. The zero-order chi connectivity index (χ0) is 17.2. The fourth-order valence-corrected chi connectivity index (χ4v) is 2.56. The zero-order valence-electron chi connectivity index (χ0n) is 14.0. The summed E-state index contributed by atoms with van der Waals surface area (Å²) in [4.78, 5) is 16.8. The number of tetrazole rings is 1. The van der Waals surface area contributed by atoms with E-state index < -0.39 is 0 Å². The molecule has 0 bridgehead atoms. The molecule has 3 heterocycles. The lowest BCUT2D eigenvalue weighted by Gasteiger charge is -2.27. The second-order valence-electron chi connectivity index (χ2n) is 6.98. The molecule has 0 fully saturated rings. The van der Waals surface area contributed by atoms with Gasteiger partial charge in [0.15, 0.2) is 5.65 Å². The SMILES string of the molecule is CC(C)(C)CC(NC(=O)c1ccc2nnnn2c1)c1cccnc1. The van der Waals surface area contributed by atoms with Gasteiger partial charge in [-0.3, -0.25) is 9.78 Å². The van der Waals surface area contributed by atoms with E-state index in [2.05, 4.69) is 46.6 Å². The van der Waals surface area contributed by atoms with Gasteiger partial charge in [-0.1, -0.05) is 26.8 Å². The van der Waals surface area contributed by atoms with E-state index in [1.54, 1.807) is 30.7 Å². The van der Waals surface area contributed by atoms with Crippen LogP contribution in [0.5, 0.6) is 0 Å². The van der Waals surface area contributed by atoms with Crippen LogP contribution in [0.1, 0.15) is 49.2 Å². The second kappa shape index (κ2) is 6.35. The van der Waals surface area contributed by atoms with Gasteiger partial charge in [-0.25, -0.2) is 0 Å². The van der Waals surface area contributed by atoms with Crippen molar-refractivity contribution in [2.45, 2.75) is 33.2 Å². The number of pyridine rings is 2. The molecular formula is C17H20N6O. The van der Waals surface area contributed by atoms with Crippen LogP contribution in [0.15, 0.2) is 42.9 Å². The van der Waals surface area contributed by atoms with Gasteiger partial charge in [0, 0.05) is 18.6 Å². The van der Waals surface area contributed by atoms with Crippen LogP contribution in [0, 0.1) is 5.41 Å². The summed E-state index contributed by atoms with van der Waals surface area (Å²) in [5.74, 6) is -0.162. The molecule has 0 aliphatic rings. The molecule has 0 spiro atoms. The number of nitrogens with one attached hydrogen (secondary N) is 1. The summed E-state index contributed by atoms with van der Waals surface area (Å²) in [5, 5.41) is 14.3. The predicted octanol–water partition coefficient (Wildman–Crippen LogP) is 2.43. The van der Waals surface area contributed by atoms with Crippen LogP contribution in [0.25, 0.3) is 5.65 Å². The van der Waals surface area contributed by atoms with E-state index >= 15 is 0 Å². The normalized spacial score (nSPS) is 13.0. The molecule has 3 rings (SSSR count). The van der Waals surface area contributed by atoms with Gasteiger partial charge >= 0.3 is 0 Å². The Bertz CT molecular complexity index is 837. The summed E-state index contributed by atoms with van der Waals surface area (Å²) in [7, 11) is 0. The van der Waals surface area contributed by atoms with Gasteiger partial charge in [0.1, 0.15) is 0 Å². The van der Waals surface area contributed by atoms with Gasteiger partial charge in [0.25, 0.3) is 5.91 Å². The van der Waals surface area contributed by atoms with Gasteiger partial charge < -0.3 is 5.32 Å². The Balaban J connectivity index is 1.84. The van der Waals surface area contributed by atoms with Crippen LogP contribution in [0.2, 0.25) is 0 Å². The number of nitrogens with zero attached hydrogens (tertiary/aromatic N) is 5. The van der Waals surface area contributed by atoms with E-state index in [0.29, 0.717) is 11.2 Å². The summed E-state index contributed by atoms with van der Waals surface area (Å²) in [6, 6.07) is 7.19. The molecule has 1 atom stereocenters. The molecule has 0 aromatic carbocycles. The van der Waals surface area contributed by atoms with Crippen molar-refractivity contribution in [3.8, 4) is 0 Å². The predicted molar refractivity (Wildman–Crippen MR) is 89.3 cm³/mol. The van der Waals surface area contributed by atoms with Gasteiger partial charge in [0.05, 0.1) is 11.6 Å². The third kappa shape index (κ3) is 3.73. The quantitative estimate of drug-likeness (QED) is 0.796. The van der Waals surface area contributed by atoms with Crippen molar-refractivity contribution in [2.24, 2.45) is 5.41 Å². The van der Waals surface area contributed by atoms with E-state index in [9.17, 15) is 4.79 Å². The van der Waals surface area contributed by atoms with E-state index in [-0.39, 0.29) is 17.4 Å². The number of carbonyl (C=O) groups is 1. The maximum Gasteiger partial charge on any atom is 0.253 e. The fourth-order valence-electron chi connectivity index (χ4n) is 2.56. The molecule has 1 amide bonds. The summed E-state index contributed by atoms with van der Waals surface area (Å²) in [6.07, 6.45) is 5.95. The van der Waals surface area contributed by atoms with E-state index in [0.717, 1.165) is 12.0 Å². The Hall–Kier alpha value is -2.83. The number of aromatic nitrogens is 5. The maximum absolute atomic E-state index is 12.7. The van der Waals surface area contributed by atoms with E-state index in [1.807, 2.05) is 12.1 Å². The molecule has 7 nitrogen and oxygen atoms in total. The van der Waals surface area contributed by atoms with E-state index in [1.165, 1.54) is 4.52 Å². The van der Waals surface area contributed by atoms with Crippen molar-refractivity contribution < 1.29 is 4.79 Å². The lowest BCUT2D eigenvalue weighted by atomic mass is 9.85. The Kier molecular flexibility index (Phi) is 4.24. The first-order valence-electron chi connectivity index (χ1n) is 7.81. The van der Waals surface area contributed by atoms with Gasteiger partial charge in [-0.2, -0.15) is 4.52 Å². The first kappa shape index (κ1) is 16.0. The minimum Gasteiger partial charge on any atom is -0.345 e. The summed E-state index contributed by atoms with van der Waals surface area (Å²) in [6.45, 7) is 6.45. The van der Waals surface area contributed by atoms with E-state index in [4.69, 9.17) is 0 Å². The third-order valence-electron chi connectivity index (χ3n) is 3.66. The minimum atomic E-state index is -0.162. The van der Waals surface area contributed by atoms with Crippen molar-refractivity contribution in [1.82, 2.24) is 30.3 Å². The zero-order valence-corrected chi connectivity index (χ0v) is 14.0. The van der Waals surface area contributed by atoms with Crippen molar-refractivity contribution >= 4 is 11.6 Å². The highest BCUT2D eigenvalue weighted by Gasteiger charge is 2.23. The monoisotopic (exact) mass is 324 g/mol. The molecule has 1 N–H and O–H groups in total. The van der Waals surface area contributed by atoms with Crippen molar-refractivity contribution in [3.63, 3.8) is 0 Å². The number of amides is 1. The topological polar surface area (TPSA) is 85.1 Å². The maximum atomic E-state index is 12.7. The Morgan fingerprint density at radius 1 is 1.29 bits per heavy atom. The summed E-state index contributed by atoms with van der Waals surface area (Å²) in [5.41, 5.74) is 2.17. The molecular weight excluding hydrogens is 304 g/mol. The molecule has 0 saturated carbocycles. The van der Waals surface area contributed by atoms with Crippen LogP contribution >= 0.6 is 0 Å². The number of carbonyl (C=O) groups excluding carboxylic acids is 1. The molecule has 7 heteroatoms. The van der Waals surface area contributed by atoms with Crippen molar-refractivity contribution in [1.29, 1.82) is 0 Å². The summed E-state index contributed by atoms with van der Waals surface area (Å²) < 4.78 is 1.48. The second-order valence-corrected chi connectivity index (χ2v) is 6.98. The minimum absolute atomic E-state index is 0.0631. The lowest BCUT2D eigenvalue weighted by Crippen LogP contribution is -2.31. The molecule has 3 aromatic heterocycles. The molecule has 0 saturated heterocycles. The van der Waals surface area contributed by atoms with Crippen LogP contribution in [-0.4, -0.2) is 30.9 Å². The molecule has 1 unspecified atom stereocenters. The summed E-state index contributed by atoms with van der Waals surface area (Å²) >= 11 is 0. The third-order valence-corrected chi connectivity index (χ3v) is 3.66. The molecule has 0 aliphatic carbocycles. The van der Waals surface area contributed by atoms with Crippen LogP contribution < -0.4 is 5.32 Å². The highest BCUT2D eigenvalue weighted by Crippen LogP contribution is 2.29. The smallest absolute Gasteiger partial charge is 0.253 e. The highest BCUT2D eigenvalue weighted by molar-refractivity contribution is 5.94. The van der Waals surface area contributed by atoms with Gasteiger partial charge in [0.2, 0.25) is 0 Å². The van der Waals surface area contributed by atoms with Crippen molar-refractivity contribution in [2.75, 3.05) is 0 Å². The number of fused-ring (bicyclic) bond motifs is 1. The average Bonchev–Trinajstić information content (AvgIpc) is 3.01. The van der Waals surface area contributed by atoms with Crippen molar-refractivity contribution in [3.05, 3.63) is 54.0 Å². The standard InChI is InChI=1S/C17H20N6O/c1-17(2,3)9-14(12-5-4-8-18-10-12)19-16(24)13-6-7-15-20-21-22-23(15)11-13/h4-8,10-11,14H,9H2,1-3H3,(H,19,24). The molecule has 3 aromatic rings. The fraction of sp³-hybridized carbons (Fsp3) is 0.353. The molecule has 0 aliphatic heterocycles. The Morgan fingerprint density at radius 2 is 2.12 bits per heavy atom. The average molecular weight is 324 g/mol. The number of hydrogen-bond acceptors (Lipinski definition) is 5. The highest BCUT2D eigenvalue weighted by atomic mass is 16.1. The van der Waals surface area contributed by atoms with Gasteiger partial charge in [-0.05, 0) is 46.0 Å². The molecule has 0 radical (unpaired) electrons.